The van der Waals surface area contributed by atoms with Gasteiger partial charge in [0.05, 0.1) is 5.56 Å². The summed E-state index contributed by atoms with van der Waals surface area (Å²) in [6.07, 6.45) is -4.25. The average Bonchev–Trinajstić information content (AvgIpc) is 2.37. The molecular weight excluding hydrogens is 287 g/mol. The lowest BCUT2D eigenvalue weighted by Gasteiger charge is -2.38. The van der Waals surface area contributed by atoms with Crippen LogP contribution in [0.25, 0.3) is 0 Å². The van der Waals surface area contributed by atoms with Gasteiger partial charge in [-0.3, -0.25) is 4.79 Å². The standard InChI is InChI=1S/C14H16F3NO3/c1-9(2)18(8-19)13(3,12(20)21)10-5-4-6-11(7-10)14(15,16)17/h4-9H,1-3H3,(H,20,21). The maximum Gasteiger partial charge on any atom is 0.416 e. The molecule has 0 saturated heterocycles. The predicted molar refractivity (Wildman–Crippen MR) is 69.5 cm³/mol. The van der Waals surface area contributed by atoms with E-state index >= 15 is 0 Å². The average molecular weight is 303 g/mol. The van der Waals surface area contributed by atoms with Gasteiger partial charge in [0.2, 0.25) is 6.41 Å². The lowest BCUT2D eigenvalue weighted by atomic mass is 9.88. The van der Waals surface area contributed by atoms with Gasteiger partial charge in [0, 0.05) is 6.04 Å². The Hall–Kier alpha value is -2.05. The molecule has 0 aliphatic carbocycles. The molecule has 0 saturated carbocycles. The molecule has 1 aromatic carbocycles. The molecule has 7 heteroatoms. The fourth-order valence-electron chi connectivity index (χ4n) is 2.12. The molecule has 0 bridgehead atoms. The summed E-state index contributed by atoms with van der Waals surface area (Å²) in [5.74, 6) is -1.40. The second kappa shape index (κ2) is 5.75. The number of hydrogen-bond donors (Lipinski definition) is 1. The van der Waals surface area contributed by atoms with E-state index in [1.807, 2.05) is 0 Å². The minimum Gasteiger partial charge on any atom is -0.479 e. The van der Waals surface area contributed by atoms with Gasteiger partial charge in [0.15, 0.2) is 5.54 Å². The first-order valence-corrected chi connectivity index (χ1v) is 6.20. The molecule has 0 aromatic heterocycles. The molecule has 1 atom stereocenters. The van der Waals surface area contributed by atoms with Gasteiger partial charge in [0.25, 0.3) is 0 Å². The molecule has 4 nitrogen and oxygen atoms in total. The fraction of sp³-hybridized carbons (Fsp3) is 0.429. The van der Waals surface area contributed by atoms with Crippen molar-refractivity contribution in [2.24, 2.45) is 0 Å². The van der Waals surface area contributed by atoms with E-state index in [0.717, 1.165) is 23.1 Å². The number of amides is 1. The van der Waals surface area contributed by atoms with Crippen LogP contribution in [0, 0.1) is 0 Å². The summed E-state index contributed by atoms with van der Waals surface area (Å²) < 4.78 is 38.3. The number of hydrogen-bond acceptors (Lipinski definition) is 2. The highest BCUT2D eigenvalue weighted by Crippen LogP contribution is 2.35. The number of alkyl halides is 3. The summed E-state index contributed by atoms with van der Waals surface area (Å²) in [5.41, 5.74) is -2.94. The summed E-state index contributed by atoms with van der Waals surface area (Å²) in [5, 5.41) is 9.45. The molecule has 0 spiro atoms. The molecule has 21 heavy (non-hydrogen) atoms. The molecule has 0 radical (unpaired) electrons. The van der Waals surface area contributed by atoms with Crippen molar-refractivity contribution >= 4 is 12.4 Å². The normalized spacial score (nSPS) is 14.6. The van der Waals surface area contributed by atoms with Gasteiger partial charge < -0.3 is 10.0 Å². The Balaban J connectivity index is 3.49. The van der Waals surface area contributed by atoms with E-state index in [2.05, 4.69) is 0 Å². The van der Waals surface area contributed by atoms with Gasteiger partial charge in [-0.05, 0) is 38.5 Å². The second-order valence-electron chi connectivity index (χ2n) is 5.06. The summed E-state index contributed by atoms with van der Waals surface area (Å²) in [4.78, 5) is 23.8. The van der Waals surface area contributed by atoms with E-state index in [4.69, 9.17) is 0 Å². The highest BCUT2D eigenvalue weighted by atomic mass is 19.4. The molecule has 0 aliphatic heterocycles. The van der Waals surface area contributed by atoms with Crippen molar-refractivity contribution in [3.05, 3.63) is 35.4 Å². The first-order valence-electron chi connectivity index (χ1n) is 6.20. The molecular formula is C14H16F3NO3. The van der Waals surface area contributed by atoms with Crippen LogP contribution < -0.4 is 0 Å². The SMILES string of the molecule is CC(C)N(C=O)C(C)(C(=O)O)c1cccc(C(F)(F)F)c1. The van der Waals surface area contributed by atoms with E-state index < -0.39 is 29.3 Å². The first kappa shape index (κ1) is 17.0. The maximum absolute atomic E-state index is 12.8. The zero-order valence-electron chi connectivity index (χ0n) is 11.8. The van der Waals surface area contributed by atoms with Crippen molar-refractivity contribution in [2.75, 3.05) is 0 Å². The van der Waals surface area contributed by atoms with Gasteiger partial charge in [0.1, 0.15) is 0 Å². The van der Waals surface area contributed by atoms with Crippen LogP contribution in [-0.4, -0.2) is 28.4 Å². The third-order valence-electron chi connectivity index (χ3n) is 3.35. The van der Waals surface area contributed by atoms with Crippen molar-refractivity contribution in [2.45, 2.75) is 38.5 Å². The lowest BCUT2D eigenvalue weighted by molar-refractivity contribution is -0.156. The Bertz CT molecular complexity index is 543. The van der Waals surface area contributed by atoms with Crippen molar-refractivity contribution in [3.8, 4) is 0 Å². The number of carboxylic acids is 1. The van der Waals surface area contributed by atoms with E-state index in [0.29, 0.717) is 6.41 Å². The minimum absolute atomic E-state index is 0.106. The van der Waals surface area contributed by atoms with E-state index in [1.165, 1.54) is 13.0 Å². The topological polar surface area (TPSA) is 57.6 Å². The molecule has 1 aromatic rings. The van der Waals surface area contributed by atoms with Crippen molar-refractivity contribution in [1.82, 2.24) is 4.90 Å². The van der Waals surface area contributed by atoms with Gasteiger partial charge in [-0.2, -0.15) is 13.2 Å². The van der Waals surface area contributed by atoms with Crippen LogP contribution in [0.3, 0.4) is 0 Å². The monoisotopic (exact) mass is 303 g/mol. The molecule has 1 rings (SSSR count). The summed E-state index contributed by atoms with van der Waals surface area (Å²) in [7, 11) is 0. The molecule has 1 amide bonds. The van der Waals surface area contributed by atoms with Crippen LogP contribution in [0.5, 0.6) is 0 Å². The highest BCUT2D eigenvalue weighted by molar-refractivity contribution is 5.83. The number of carbonyl (C=O) groups is 2. The van der Waals surface area contributed by atoms with Gasteiger partial charge in [-0.1, -0.05) is 12.1 Å². The number of carboxylic acid groups (broad SMARTS) is 1. The Kier molecular flexibility index (Phi) is 4.65. The third kappa shape index (κ3) is 3.17. The number of benzene rings is 1. The lowest BCUT2D eigenvalue weighted by Crippen LogP contribution is -2.52. The van der Waals surface area contributed by atoms with Crippen molar-refractivity contribution < 1.29 is 27.9 Å². The Labute approximate surface area is 120 Å². The molecule has 0 heterocycles. The largest absolute Gasteiger partial charge is 0.479 e. The minimum atomic E-state index is -4.58. The van der Waals surface area contributed by atoms with Crippen LogP contribution in [0.2, 0.25) is 0 Å². The van der Waals surface area contributed by atoms with E-state index in [-0.39, 0.29) is 5.56 Å². The number of aliphatic carboxylic acids is 1. The smallest absolute Gasteiger partial charge is 0.416 e. The summed E-state index contributed by atoms with van der Waals surface area (Å²) >= 11 is 0. The Morgan fingerprint density at radius 2 is 1.81 bits per heavy atom. The first-order chi connectivity index (χ1) is 9.55. The molecule has 0 aliphatic rings. The molecule has 0 fully saturated rings. The van der Waals surface area contributed by atoms with Crippen LogP contribution in [0.15, 0.2) is 24.3 Å². The van der Waals surface area contributed by atoms with Gasteiger partial charge >= 0.3 is 12.1 Å². The number of carbonyl (C=O) groups excluding carboxylic acids is 1. The molecule has 1 N–H and O–H groups in total. The summed E-state index contributed by atoms with van der Waals surface area (Å²) in [6.45, 7) is 4.38. The number of nitrogens with zero attached hydrogens (tertiary/aromatic N) is 1. The second-order valence-corrected chi connectivity index (χ2v) is 5.06. The molecule has 116 valence electrons. The summed E-state index contributed by atoms with van der Waals surface area (Å²) in [6, 6.07) is 3.52. The number of halogens is 3. The maximum atomic E-state index is 12.8. The van der Waals surface area contributed by atoms with Crippen LogP contribution in [-0.2, 0) is 21.3 Å². The van der Waals surface area contributed by atoms with Crippen LogP contribution in [0.1, 0.15) is 31.9 Å². The van der Waals surface area contributed by atoms with Crippen molar-refractivity contribution in [1.29, 1.82) is 0 Å². The van der Waals surface area contributed by atoms with Crippen LogP contribution >= 0.6 is 0 Å². The quantitative estimate of drug-likeness (QED) is 0.851. The van der Waals surface area contributed by atoms with E-state index in [1.54, 1.807) is 13.8 Å². The highest BCUT2D eigenvalue weighted by Gasteiger charge is 2.43. The Morgan fingerprint density at radius 3 is 2.19 bits per heavy atom. The van der Waals surface area contributed by atoms with Gasteiger partial charge in [-0.25, -0.2) is 4.79 Å². The predicted octanol–water partition coefficient (Wildman–Crippen LogP) is 2.87. The third-order valence-corrected chi connectivity index (χ3v) is 3.35. The van der Waals surface area contributed by atoms with E-state index in [9.17, 15) is 27.9 Å². The molecule has 1 unspecified atom stereocenters. The van der Waals surface area contributed by atoms with Crippen LogP contribution in [0.4, 0.5) is 13.2 Å². The zero-order valence-corrected chi connectivity index (χ0v) is 11.8. The zero-order chi connectivity index (χ0) is 16.4. The number of rotatable bonds is 5. The Morgan fingerprint density at radius 1 is 1.29 bits per heavy atom. The van der Waals surface area contributed by atoms with Gasteiger partial charge in [-0.15, -0.1) is 0 Å². The van der Waals surface area contributed by atoms with Crippen molar-refractivity contribution in [3.63, 3.8) is 0 Å². The fourth-order valence-corrected chi connectivity index (χ4v) is 2.12.